The van der Waals surface area contributed by atoms with Crippen molar-refractivity contribution in [2.75, 3.05) is 40.9 Å². The minimum absolute atomic E-state index is 0.00770. The van der Waals surface area contributed by atoms with Gasteiger partial charge in [0.25, 0.3) is 7.82 Å². The number of allylic oxidation sites excluding steroid dienone is 11. The summed E-state index contributed by atoms with van der Waals surface area (Å²) < 4.78 is 23.2. The second-order valence-electron chi connectivity index (χ2n) is 19.2. The minimum Gasteiger partial charge on any atom is -0.756 e. The third-order valence-corrected chi connectivity index (χ3v) is 12.6. The van der Waals surface area contributed by atoms with E-state index >= 15 is 0 Å². The van der Waals surface area contributed by atoms with Crippen molar-refractivity contribution in [1.82, 2.24) is 5.32 Å². The molecule has 0 aliphatic heterocycles. The zero-order valence-electron chi connectivity index (χ0n) is 42.9. The van der Waals surface area contributed by atoms with Gasteiger partial charge in [-0.05, 0) is 70.6 Å². The Labute approximate surface area is 402 Å². The van der Waals surface area contributed by atoms with Crippen LogP contribution in [0.3, 0.4) is 0 Å². The summed E-state index contributed by atoms with van der Waals surface area (Å²) in [5.74, 6) is -0.209. The molecule has 0 aliphatic rings. The highest BCUT2D eigenvalue weighted by atomic mass is 31.2. The predicted octanol–water partition coefficient (Wildman–Crippen LogP) is 15.3. The molecule has 65 heavy (non-hydrogen) atoms. The Morgan fingerprint density at radius 2 is 0.954 bits per heavy atom. The largest absolute Gasteiger partial charge is 0.756 e. The van der Waals surface area contributed by atoms with E-state index in [1.165, 1.54) is 141 Å². The maximum Gasteiger partial charge on any atom is 0.268 e. The van der Waals surface area contributed by atoms with Gasteiger partial charge in [0, 0.05) is 6.42 Å². The maximum absolute atomic E-state index is 12.9. The summed E-state index contributed by atoms with van der Waals surface area (Å²) in [6.07, 6.45) is 64.1. The van der Waals surface area contributed by atoms with Crippen LogP contribution in [0.15, 0.2) is 72.9 Å². The molecular formula is C56H103N2O6P. The molecule has 2 N–H and O–H groups in total. The molecule has 378 valence electrons. The standard InChI is InChI=1S/C56H103N2O6P/c1-6-8-10-12-14-16-18-20-21-22-23-24-25-26-27-28-29-30-31-32-33-34-35-36-37-38-40-42-44-46-48-50-56(60)57-54(53-64-65(61,62)63-52-51-58(3,4)5)55(59)49-47-45-43-41-39-19-17-15-13-11-9-7-2/h8,10,14,16,20-21,23-24,39,41,47,49,54-55,59H,6-7,9,11-13,15,17-19,22,25-38,40,42-46,48,50-53H2,1-5H3,(H-,57,60,61,62)/b10-8-,16-14-,21-20-,24-23-,41-39+,49-47+. The number of likely N-dealkylation sites (N-methyl/N-ethyl adjacent to an activating group) is 1. The third kappa shape index (κ3) is 49.7. The Morgan fingerprint density at radius 1 is 0.554 bits per heavy atom. The van der Waals surface area contributed by atoms with Crippen LogP contribution < -0.4 is 10.2 Å². The molecule has 3 unspecified atom stereocenters. The number of phosphoric acid groups is 1. The summed E-state index contributed by atoms with van der Waals surface area (Å²) in [4.78, 5) is 25.4. The van der Waals surface area contributed by atoms with Gasteiger partial charge >= 0.3 is 0 Å². The number of carbonyl (C=O) groups excluding carboxylic acids is 1. The van der Waals surface area contributed by atoms with Crippen LogP contribution in [-0.2, 0) is 18.4 Å². The fourth-order valence-electron chi connectivity index (χ4n) is 7.45. The number of phosphoric ester groups is 1. The molecule has 0 saturated carbocycles. The van der Waals surface area contributed by atoms with Crippen LogP contribution in [0.25, 0.3) is 0 Å². The van der Waals surface area contributed by atoms with Crippen molar-refractivity contribution in [2.24, 2.45) is 0 Å². The summed E-state index contributed by atoms with van der Waals surface area (Å²) in [5, 5.41) is 13.8. The first-order valence-corrected chi connectivity index (χ1v) is 28.3. The average Bonchev–Trinajstić information content (AvgIpc) is 3.26. The molecule has 0 aromatic rings. The number of nitrogens with zero attached hydrogens (tertiary/aromatic N) is 1. The molecule has 8 nitrogen and oxygen atoms in total. The minimum atomic E-state index is -4.60. The second kappa shape index (κ2) is 47.0. The topological polar surface area (TPSA) is 108 Å². The summed E-state index contributed by atoms with van der Waals surface area (Å²) in [6.45, 7) is 4.50. The van der Waals surface area contributed by atoms with Gasteiger partial charge in [0.2, 0.25) is 5.91 Å². The molecule has 0 bridgehead atoms. The molecule has 0 aromatic heterocycles. The molecule has 3 atom stereocenters. The van der Waals surface area contributed by atoms with Gasteiger partial charge in [0.05, 0.1) is 39.9 Å². The lowest BCUT2D eigenvalue weighted by atomic mass is 10.0. The first-order chi connectivity index (χ1) is 31.5. The van der Waals surface area contributed by atoms with Gasteiger partial charge in [-0.15, -0.1) is 0 Å². The quantitative estimate of drug-likeness (QED) is 0.0272. The molecular weight excluding hydrogens is 828 g/mol. The van der Waals surface area contributed by atoms with Gasteiger partial charge in [-0.1, -0.05) is 222 Å². The van der Waals surface area contributed by atoms with Crippen LogP contribution >= 0.6 is 7.82 Å². The number of aliphatic hydroxyl groups excluding tert-OH is 1. The Hall–Kier alpha value is -2.06. The van der Waals surface area contributed by atoms with Crippen molar-refractivity contribution in [1.29, 1.82) is 0 Å². The zero-order chi connectivity index (χ0) is 47.8. The number of quaternary nitrogens is 1. The van der Waals surface area contributed by atoms with Gasteiger partial charge in [-0.3, -0.25) is 9.36 Å². The van der Waals surface area contributed by atoms with Crippen molar-refractivity contribution in [2.45, 2.75) is 238 Å². The number of unbranched alkanes of at least 4 members (excludes halogenated alkanes) is 25. The summed E-state index contributed by atoms with van der Waals surface area (Å²) >= 11 is 0. The summed E-state index contributed by atoms with van der Waals surface area (Å²) in [6, 6.07) is -0.903. The van der Waals surface area contributed by atoms with E-state index in [0.717, 1.165) is 64.2 Å². The fraction of sp³-hybridized carbons (Fsp3) is 0.768. The lowest BCUT2D eigenvalue weighted by molar-refractivity contribution is -0.870. The number of nitrogens with one attached hydrogen (secondary N) is 1. The van der Waals surface area contributed by atoms with Gasteiger partial charge in [0.1, 0.15) is 13.2 Å². The molecule has 9 heteroatoms. The molecule has 1 amide bonds. The lowest BCUT2D eigenvalue weighted by Crippen LogP contribution is -2.45. The van der Waals surface area contributed by atoms with Crippen LogP contribution in [-0.4, -0.2) is 68.5 Å². The van der Waals surface area contributed by atoms with Crippen LogP contribution in [0.4, 0.5) is 0 Å². The molecule has 0 aromatic carbocycles. The number of aliphatic hydroxyl groups is 1. The van der Waals surface area contributed by atoms with E-state index in [9.17, 15) is 19.4 Å². The molecule has 0 rings (SSSR count). The van der Waals surface area contributed by atoms with Gasteiger partial charge < -0.3 is 28.8 Å². The highest BCUT2D eigenvalue weighted by Gasteiger charge is 2.23. The third-order valence-electron chi connectivity index (χ3n) is 11.7. The van der Waals surface area contributed by atoms with Gasteiger partial charge in [-0.2, -0.15) is 0 Å². The number of carbonyl (C=O) groups is 1. The van der Waals surface area contributed by atoms with Crippen molar-refractivity contribution in [3.05, 3.63) is 72.9 Å². The Kier molecular flexibility index (Phi) is 45.5. The number of rotatable bonds is 48. The highest BCUT2D eigenvalue weighted by Crippen LogP contribution is 2.38. The number of hydrogen-bond acceptors (Lipinski definition) is 6. The van der Waals surface area contributed by atoms with E-state index < -0.39 is 26.6 Å². The van der Waals surface area contributed by atoms with Crippen LogP contribution in [0.2, 0.25) is 0 Å². The molecule has 0 spiro atoms. The average molecular weight is 931 g/mol. The monoisotopic (exact) mass is 931 g/mol. The molecule has 0 saturated heterocycles. The van der Waals surface area contributed by atoms with Gasteiger partial charge in [-0.25, -0.2) is 0 Å². The smallest absolute Gasteiger partial charge is 0.268 e. The van der Waals surface area contributed by atoms with Crippen molar-refractivity contribution in [3.63, 3.8) is 0 Å². The van der Waals surface area contributed by atoms with E-state index in [0.29, 0.717) is 17.4 Å². The first-order valence-electron chi connectivity index (χ1n) is 26.8. The number of amides is 1. The van der Waals surface area contributed by atoms with Crippen LogP contribution in [0.5, 0.6) is 0 Å². The van der Waals surface area contributed by atoms with Crippen LogP contribution in [0.1, 0.15) is 226 Å². The molecule has 0 aliphatic carbocycles. The van der Waals surface area contributed by atoms with Crippen molar-refractivity contribution in [3.8, 4) is 0 Å². The molecule has 0 heterocycles. The first kappa shape index (κ1) is 62.9. The number of hydrogen-bond donors (Lipinski definition) is 2. The fourth-order valence-corrected chi connectivity index (χ4v) is 8.18. The maximum atomic E-state index is 12.9. The van der Waals surface area contributed by atoms with E-state index in [-0.39, 0.29) is 12.5 Å². The normalized spacial score (nSPS) is 14.6. The highest BCUT2D eigenvalue weighted by molar-refractivity contribution is 7.45. The second-order valence-corrected chi connectivity index (χ2v) is 20.6. The zero-order valence-corrected chi connectivity index (χ0v) is 43.8. The Balaban J connectivity index is 4.08. The Morgan fingerprint density at radius 3 is 1.43 bits per heavy atom. The molecule has 0 radical (unpaired) electrons. The summed E-state index contributed by atoms with van der Waals surface area (Å²) in [5.41, 5.74) is 0. The SMILES string of the molecule is CC/C=C\C/C=C\C/C=C\C/C=C\CCCCCCCCCCCCCCCCCCCCC(=O)NC(COP(=O)([O-])OCC[N+](C)(C)C)C(O)/C=C/CC/C=C/CCCCCCCC. The van der Waals surface area contributed by atoms with Gasteiger partial charge in [0.15, 0.2) is 0 Å². The predicted molar refractivity (Wildman–Crippen MR) is 279 cm³/mol. The van der Waals surface area contributed by atoms with Crippen LogP contribution in [0, 0.1) is 0 Å². The van der Waals surface area contributed by atoms with E-state index in [2.05, 4.69) is 79.9 Å². The van der Waals surface area contributed by atoms with E-state index in [1.807, 2.05) is 27.2 Å². The van der Waals surface area contributed by atoms with Crippen molar-refractivity contribution >= 4 is 13.7 Å². The van der Waals surface area contributed by atoms with E-state index in [4.69, 9.17) is 9.05 Å². The van der Waals surface area contributed by atoms with Crippen molar-refractivity contribution < 1.29 is 32.9 Å². The van der Waals surface area contributed by atoms with E-state index in [1.54, 1.807) is 6.08 Å². The lowest BCUT2D eigenvalue weighted by Gasteiger charge is -2.29. The molecule has 0 fully saturated rings. The Bertz CT molecular complexity index is 1290. The summed E-state index contributed by atoms with van der Waals surface area (Å²) in [7, 11) is 1.24.